The van der Waals surface area contributed by atoms with Gasteiger partial charge < -0.3 is 9.64 Å². The summed E-state index contributed by atoms with van der Waals surface area (Å²) in [5, 5.41) is 0. The highest BCUT2D eigenvalue weighted by molar-refractivity contribution is 7.86. The number of benzene rings is 2. The number of hydrogen-bond donors (Lipinski definition) is 4. The van der Waals surface area contributed by atoms with E-state index in [4.69, 9.17) is 4.74 Å². The van der Waals surface area contributed by atoms with Crippen molar-refractivity contribution in [3.63, 3.8) is 0 Å². The van der Waals surface area contributed by atoms with Crippen molar-refractivity contribution in [2.24, 2.45) is 0 Å². The van der Waals surface area contributed by atoms with E-state index in [1.54, 1.807) is 19.2 Å². The number of methoxy groups -OCH3 is 1. The van der Waals surface area contributed by atoms with Gasteiger partial charge in [-0.3, -0.25) is 18.2 Å². The van der Waals surface area contributed by atoms with E-state index in [2.05, 4.69) is 0 Å². The second-order valence-corrected chi connectivity index (χ2v) is 21.7. The van der Waals surface area contributed by atoms with Crippen molar-refractivity contribution >= 4 is 57.6 Å². The fourth-order valence-corrected chi connectivity index (χ4v) is 10.2. The minimum Gasteiger partial charge on any atom is -0.496 e. The van der Waals surface area contributed by atoms with Crippen LogP contribution in [0.25, 0.3) is 0 Å². The molecule has 0 atom stereocenters. The minimum absolute atomic E-state index is 0.194. The molecule has 5 rings (SSSR count). The zero-order valence-electron chi connectivity index (χ0n) is 33.0. The zero-order chi connectivity index (χ0) is 43.1. The Morgan fingerprint density at radius 3 is 1.90 bits per heavy atom. The van der Waals surface area contributed by atoms with Crippen LogP contribution in [-0.2, 0) is 56.0 Å². The molecule has 0 unspecified atom stereocenters. The van der Waals surface area contributed by atoms with E-state index in [1.807, 2.05) is 61.5 Å². The molecule has 0 saturated carbocycles. The number of rotatable bonds is 16. The number of allylic oxidation sites excluding steroid dienone is 7. The lowest BCUT2D eigenvalue weighted by molar-refractivity contribution is -0.438. The Balaban J connectivity index is 1.54. The number of hydrogen-bond acceptors (Lipinski definition) is 10. The zero-order valence-corrected chi connectivity index (χ0v) is 36.3. The maximum atomic E-state index is 12.1. The van der Waals surface area contributed by atoms with Gasteiger partial charge in [-0.05, 0) is 112 Å². The van der Waals surface area contributed by atoms with Crippen LogP contribution >= 0.6 is 0 Å². The van der Waals surface area contributed by atoms with Crippen LogP contribution in [0.4, 0.5) is 11.4 Å². The summed E-state index contributed by atoms with van der Waals surface area (Å²) in [4.78, 5) is 1.49. The summed E-state index contributed by atoms with van der Waals surface area (Å²) >= 11 is 0. The van der Waals surface area contributed by atoms with E-state index in [0.717, 1.165) is 29.0 Å². The molecule has 15 nitrogen and oxygen atoms in total. The lowest BCUT2D eigenvalue weighted by atomic mass is 9.81. The van der Waals surface area contributed by atoms with Gasteiger partial charge in [0.1, 0.15) is 12.3 Å². The second kappa shape index (κ2) is 16.8. The van der Waals surface area contributed by atoms with Crippen molar-refractivity contribution in [1.29, 1.82) is 0 Å². The van der Waals surface area contributed by atoms with Crippen LogP contribution in [0.2, 0.25) is 0 Å². The van der Waals surface area contributed by atoms with Gasteiger partial charge in [0.2, 0.25) is 5.69 Å². The molecule has 0 aromatic heterocycles. The molecule has 0 bridgehead atoms. The predicted octanol–water partition coefficient (Wildman–Crippen LogP) is 6.14. The molecule has 1 aliphatic carbocycles. The van der Waals surface area contributed by atoms with Gasteiger partial charge in [-0.1, -0.05) is 19.9 Å². The molecule has 318 valence electrons. The van der Waals surface area contributed by atoms with Gasteiger partial charge in [0.15, 0.2) is 5.71 Å². The third-order valence-corrected chi connectivity index (χ3v) is 14.3. The topological polar surface area (TPSA) is 233 Å². The van der Waals surface area contributed by atoms with Crippen molar-refractivity contribution < 1.29 is 61.2 Å². The van der Waals surface area contributed by atoms with E-state index < -0.39 is 62.8 Å². The van der Waals surface area contributed by atoms with Crippen LogP contribution in [0.5, 0.6) is 0 Å². The smallest absolute Gasteiger partial charge is 0.294 e. The summed E-state index contributed by atoms with van der Waals surface area (Å²) in [6.45, 7) is 8.43. The monoisotopic (exact) mass is 883 g/mol. The van der Waals surface area contributed by atoms with Crippen molar-refractivity contribution in [3.8, 4) is 0 Å². The SMILES string of the molecule is COC1=C(/C=C/C2=[N+](CCCCS(=O)(=O)O)c3ccc(S(=O)(=O)O)cc3C2(C)C)CCC/C1=C\C=C1\N(CCCCS(=O)(=O)O)c2ccc(S(=O)(=O)O)cc2C1(C)C. The normalized spacial score (nSPS) is 19.8. The van der Waals surface area contributed by atoms with E-state index in [9.17, 15) is 51.9 Å². The maximum absolute atomic E-state index is 12.1. The lowest BCUT2D eigenvalue weighted by Gasteiger charge is -2.27. The highest BCUT2D eigenvalue weighted by atomic mass is 32.2. The molecule has 0 fully saturated rings. The van der Waals surface area contributed by atoms with Crippen LogP contribution in [-0.4, -0.2) is 93.9 Å². The Kier molecular flexibility index (Phi) is 13.1. The van der Waals surface area contributed by atoms with Gasteiger partial charge in [-0.2, -0.15) is 38.2 Å². The van der Waals surface area contributed by atoms with Gasteiger partial charge in [0.05, 0.1) is 33.8 Å². The molecule has 2 aromatic rings. The van der Waals surface area contributed by atoms with E-state index >= 15 is 0 Å². The molecule has 4 N–H and O–H groups in total. The third-order valence-electron chi connectivity index (χ3n) is 11.0. The standard InChI is InChI=1S/C39H50N2O13S4/c1-38(2)31-25-29(57(48,49)50)15-17-33(31)40(21-6-8-23-55(42,43)44)35(38)19-13-27-11-10-12-28(37(27)54-5)14-20-36-39(3,4)32-26-30(58(51,52)53)16-18-34(32)41(36)22-7-9-24-56(45,46)47/h13-20,25-26H,6-12,21-24H2,1-5H3,(H3-,42,43,44,45,46,47,48,49,50,51,52,53)/p+1. The lowest BCUT2D eigenvalue weighted by Crippen LogP contribution is -2.28. The molecule has 0 spiro atoms. The molecule has 0 saturated heterocycles. The first-order valence-corrected chi connectivity index (χ1v) is 24.8. The Morgan fingerprint density at radius 1 is 0.724 bits per heavy atom. The summed E-state index contributed by atoms with van der Waals surface area (Å²) in [6.07, 6.45) is 11.1. The number of ether oxygens (including phenoxy) is 1. The van der Waals surface area contributed by atoms with Gasteiger partial charge in [-0.25, -0.2) is 0 Å². The average molecular weight is 884 g/mol. The van der Waals surface area contributed by atoms with E-state index in [-0.39, 0.29) is 22.6 Å². The summed E-state index contributed by atoms with van der Waals surface area (Å²) in [7, 11) is -15.7. The summed E-state index contributed by atoms with van der Waals surface area (Å²) < 4.78 is 140. The van der Waals surface area contributed by atoms with Crippen molar-refractivity contribution in [2.75, 3.05) is 36.6 Å². The largest absolute Gasteiger partial charge is 0.496 e. The van der Waals surface area contributed by atoms with Crippen LogP contribution in [0.3, 0.4) is 0 Å². The van der Waals surface area contributed by atoms with Crippen LogP contribution in [0, 0.1) is 0 Å². The van der Waals surface area contributed by atoms with Crippen molar-refractivity contribution in [2.45, 2.75) is 93.3 Å². The first-order valence-electron chi connectivity index (χ1n) is 18.7. The highest BCUT2D eigenvalue weighted by Crippen LogP contribution is 2.49. The molecule has 2 aliphatic heterocycles. The molecular formula is C39H51N2O13S4+. The number of nitrogens with zero attached hydrogens (tertiary/aromatic N) is 2. The molecule has 19 heteroatoms. The van der Waals surface area contributed by atoms with Crippen LogP contribution < -0.4 is 4.90 Å². The number of anilines is 1. The van der Waals surface area contributed by atoms with Gasteiger partial charge >= 0.3 is 0 Å². The molecule has 0 radical (unpaired) electrons. The third kappa shape index (κ3) is 10.2. The van der Waals surface area contributed by atoms with Gasteiger partial charge in [0, 0.05) is 47.5 Å². The molecule has 2 heterocycles. The predicted molar refractivity (Wildman–Crippen MR) is 220 cm³/mol. The first-order chi connectivity index (χ1) is 26.8. The van der Waals surface area contributed by atoms with E-state index in [1.165, 1.54) is 24.3 Å². The number of fused-ring (bicyclic) bond motifs is 2. The van der Waals surface area contributed by atoms with Crippen LogP contribution in [0.1, 0.15) is 83.8 Å². The minimum atomic E-state index is -4.49. The Labute approximate surface area is 341 Å². The fraction of sp³-hybridized carbons (Fsp3) is 0.462. The first kappa shape index (κ1) is 45.4. The molecule has 3 aliphatic rings. The average Bonchev–Trinajstić information content (AvgIpc) is 3.45. The Hall–Kier alpha value is -3.69. The van der Waals surface area contributed by atoms with Crippen molar-refractivity contribution in [3.05, 3.63) is 94.4 Å². The number of unbranched alkanes of at least 4 members (excludes halogenated alkanes) is 2. The fourth-order valence-electron chi connectivity index (χ4n) is 8.06. The maximum Gasteiger partial charge on any atom is 0.294 e. The van der Waals surface area contributed by atoms with Gasteiger partial charge in [0.25, 0.3) is 40.5 Å². The Morgan fingerprint density at radius 2 is 1.31 bits per heavy atom. The molecule has 58 heavy (non-hydrogen) atoms. The second-order valence-electron chi connectivity index (χ2n) is 15.7. The van der Waals surface area contributed by atoms with Crippen molar-refractivity contribution in [1.82, 2.24) is 0 Å². The van der Waals surface area contributed by atoms with Gasteiger partial charge in [-0.15, -0.1) is 0 Å². The summed E-state index contributed by atoms with van der Waals surface area (Å²) in [6, 6.07) is 8.74. The Bertz CT molecular complexity index is 2580. The summed E-state index contributed by atoms with van der Waals surface area (Å²) in [5.74, 6) is -0.164. The summed E-state index contributed by atoms with van der Waals surface area (Å²) in [5.41, 5.74) is 4.58. The molecular weight excluding hydrogens is 833 g/mol. The van der Waals surface area contributed by atoms with E-state index in [0.29, 0.717) is 67.0 Å². The molecule has 2 aromatic carbocycles. The quantitative estimate of drug-likeness (QED) is 0.0843. The highest BCUT2D eigenvalue weighted by Gasteiger charge is 2.45. The molecule has 0 amide bonds. The van der Waals surface area contributed by atoms with Crippen LogP contribution in [0.15, 0.2) is 93.1 Å².